The Balaban J connectivity index is 0.00000264. The van der Waals surface area contributed by atoms with E-state index in [2.05, 4.69) is 10.6 Å². The van der Waals surface area contributed by atoms with E-state index in [1.54, 1.807) is 13.2 Å². The first-order valence-corrected chi connectivity index (χ1v) is 7.29. The van der Waals surface area contributed by atoms with Crippen molar-refractivity contribution in [2.75, 3.05) is 33.4 Å². The Bertz CT molecular complexity index is 542. The molecule has 128 valence electrons. The molecule has 1 aromatic carbocycles. The maximum absolute atomic E-state index is 12.2. The molecule has 2 rings (SSSR count). The number of methoxy groups -OCH3 is 1. The number of ether oxygens (including phenoxy) is 1. The van der Waals surface area contributed by atoms with Crippen molar-refractivity contribution in [3.63, 3.8) is 0 Å². The molecule has 0 aliphatic carbocycles. The third-order valence-electron chi connectivity index (χ3n) is 4.06. The molecule has 1 aromatic rings. The molecule has 1 saturated heterocycles. The molecule has 0 radical (unpaired) electrons. The minimum Gasteiger partial charge on any atom is -0.384 e. The highest BCUT2D eigenvalue weighted by Crippen LogP contribution is 2.28. The van der Waals surface area contributed by atoms with Gasteiger partial charge in [-0.3, -0.25) is 14.9 Å². The molecule has 7 nitrogen and oxygen atoms in total. The number of nitro benzene ring substituents is 1. The first-order valence-electron chi connectivity index (χ1n) is 7.29. The maximum Gasteiger partial charge on any atom is 0.270 e. The SMILES string of the molecule is COCC1(CNC(=O)c2cccc([N+](=O)[O-])c2)CCNCC1.Cl. The molecule has 1 fully saturated rings. The van der Waals surface area contributed by atoms with E-state index in [0.29, 0.717) is 18.7 Å². The van der Waals surface area contributed by atoms with Crippen LogP contribution in [0.2, 0.25) is 0 Å². The molecular formula is C15H22ClN3O4. The molecule has 1 heterocycles. The largest absolute Gasteiger partial charge is 0.384 e. The van der Waals surface area contributed by atoms with Gasteiger partial charge in [-0.05, 0) is 32.0 Å². The number of nitrogens with one attached hydrogen (secondary N) is 2. The van der Waals surface area contributed by atoms with E-state index in [9.17, 15) is 14.9 Å². The molecule has 1 aliphatic rings. The van der Waals surface area contributed by atoms with E-state index in [4.69, 9.17) is 4.74 Å². The van der Waals surface area contributed by atoms with Gasteiger partial charge >= 0.3 is 0 Å². The van der Waals surface area contributed by atoms with Crippen LogP contribution in [-0.2, 0) is 4.74 Å². The number of carbonyl (C=O) groups is 1. The zero-order valence-electron chi connectivity index (χ0n) is 13.0. The summed E-state index contributed by atoms with van der Waals surface area (Å²) in [5, 5.41) is 17.0. The predicted octanol–water partition coefficient (Wildman–Crippen LogP) is 1.76. The zero-order chi connectivity index (χ0) is 16.0. The van der Waals surface area contributed by atoms with Gasteiger partial charge in [0.2, 0.25) is 0 Å². The second-order valence-corrected chi connectivity index (χ2v) is 5.67. The molecule has 0 bridgehead atoms. The van der Waals surface area contributed by atoms with Crippen LogP contribution in [0.3, 0.4) is 0 Å². The van der Waals surface area contributed by atoms with E-state index < -0.39 is 4.92 Å². The van der Waals surface area contributed by atoms with E-state index in [-0.39, 0.29) is 29.4 Å². The lowest BCUT2D eigenvalue weighted by atomic mass is 9.79. The van der Waals surface area contributed by atoms with E-state index in [1.807, 2.05) is 0 Å². The number of carbonyl (C=O) groups excluding carboxylic acids is 1. The number of halogens is 1. The quantitative estimate of drug-likeness (QED) is 0.606. The summed E-state index contributed by atoms with van der Waals surface area (Å²) in [7, 11) is 1.66. The van der Waals surface area contributed by atoms with E-state index in [0.717, 1.165) is 25.9 Å². The second kappa shape index (κ2) is 8.81. The topological polar surface area (TPSA) is 93.5 Å². The minimum absolute atomic E-state index is 0. The molecule has 0 aromatic heterocycles. The van der Waals surface area contributed by atoms with Gasteiger partial charge < -0.3 is 15.4 Å². The van der Waals surface area contributed by atoms with Gasteiger partial charge in [0, 0.05) is 36.8 Å². The number of nitrogens with zero attached hydrogens (tertiary/aromatic N) is 1. The summed E-state index contributed by atoms with van der Waals surface area (Å²) in [5.41, 5.74) is 0.146. The lowest BCUT2D eigenvalue weighted by molar-refractivity contribution is -0.384. The van der Waals surface area contributed by atoms with Crippen LogP contribution in [-0.4, -0.2) is 44.2 Å². The molecule has 0 atom stereocenters. The van der Waals surface area contributed by atoms with Crippen molar-refractivity contribution in [2.24, 2.45) is 5.41 Å². The fourth-order valence-corrected chi connectivity index (χ4v) is 2.77. The number of hydrogen-bond donors (Lipinski definition) is 2. The summed E-state index contributed by atoms with van der Waals surface area (Å²) < 4.78 is 5.30. The third kappa shape index (κ3) is 5.16. The van der Waals surface area contributed by atoms with Crippen molar-refractivity contribution in [3.05, 3.63) is 39.9 Å². The number of piperidine rings is 1. The Kier molecular flexibility index (Phi) is 7.41. The molecule has 0 spiro atoms. The van der Waals surface area contributed by atoms with Gasteiger partial charge in [-0.15, -0.1) is 12.4 Å². The van der Waals surface area contributed by atoms with Crippen LogP contribution < -0.4 is 10.6 Å². The van der Waals surface area contributed by atoms with Crippen LogP contribution in [0.15, 0.2) is 24.3 Å². The van der Waals surface area contributed by atoms with Crippen LogP contribution in [0.25, 0.3) is 0 Å². The number of nitro groups is 1. The van der Waals surface area contributed by atoms with Gasteiger partial charge in [-0.1, -0.05) is 6.07 Å². The van der Waals surface area contributed by atoms with Crippen LogP contribution in [0.1, 0.15) is 23.2 Å². The first-order chi connectivity index (χ1) is 10.6. The van der Waals surface area contributed by atoms with Crippen molar-refractivity contribution < 1.29 is 14.5 Å². The van der Waals surface area contributed by atoms with Crippen molar-refractivity contribution in [1.82, 2.24) is 10.6 Å². The summed E-state index contributed by atoms with van der Waals surface area (Å²) >= 11 is 0. The lowest BCUT2D eigenvalue weighted by Crippen LogP contribution is -2.47. The second-order valence-electron chi connectivity index (χ2n) is 5.67. The van der Waals surface area contributed by atoms with Crippen LogP contribution in [0, 0.1) is 15.5 Å². The molecule has 23 heavy (non-hydrogen) atoms. The lowest BCUT2D eigenvalue weighted by Gasteiger charge is -2.37. The predicted molar refractivity (Wildman–Crippen MR) is 89.1 cm³/mol. The zero-order valence-corrected chi connectivity index (χ0v) is 13.9. The van der Waals surface area contributed by atoms with Crippen LogP contribution in [0.5, 0.6) is 0 Å². The van der Waals surface area contributed by atoms with Gasteiger partial charge in [0.05, 0.1) is 11.5 Å². The van der Waals surface area contributed by atoms with E-state index in [1.165, 1.54) is 18.2 Å². The molecule has 0 unspecified atom stereocenters. The van der Waals surface area contributed by atoms with Gasteiger partial charge in [-0.2, -0.15) is 0 Å². The van der Waals surface area contributed by atoms with Crippen molar-refractivity contribution in [2.45, 2.75) is 12.8 Å². The maximum atomic E-state index is 12.2. The monoisotopic (exact) mass is 343 g/mol. The fraction of sp³-hybridized carbons (Fsp3) is 0.533. The highest BCUT2D eigenvalue weighted by atomic mass is 35.5. The van der Waals surface area contributed by atoms with E-state index >= 15 is 0 Å². The average molecular weight is 344 g/mol. The van der Waals surface area contributed by atoms with Gasteiger partial charge in [0.15, 0.2) is 0 Å². The fourth-order valence-electron chi connectivity index (χ4n) is 2.77. The van der Waals surface area contributed by atoms with Gasteiger partial charge in [-0.25, -0.2) is 0 Å². The number of amides is 1. The Morgan fingerprint density at radius 3 is 2.74 bits per heavy atom. The average Bonchev–Trinajstić information content (AvgIpc) is 2.54. The Labute approximate surface area is 141 Å². The molecular weight excluding hydrogens is 322 g/mol. The molecule has 1 amide bonds. The normalized spacial score (nSPS) is 16.2. The summed E-state index contributed by atoms with van der Waals surface area (Å²) in [4.78, 5) is 22.5. The van der Waals surface area contributed by atoms with Gasteiger partial charge in [0.1, 0.15) is 0 Å². The molecule has 0 saturated carbocycles. The highest BCUT2D eigenvalue weighted by Gasteiger charge is 2.32. The molecule has 2 N–H and O–H groups in total. The first kappa shape index (κ1) is 19.3. The number of hydrogen-bond acceptors (Lipinski definition) is 5. The summed E-state index contributed by atoms with van der Waals surface area (Å²) in [5.74, 6) is -0.294. The highest BCUT2D eigenvalue weighted by molar-refractivity contribution is 5.94. The smallest absolute Gasteiger partial charge is 0.270 e. The molecule has 8 heteroatoms. The number of benzene rings is 1. The summed E-state index contributed by atoms with van der Waals surface area (Å²) in [6.07, 6.45) is 1.85. The van der Waals surface area contributed by atoms with Crippen molar-refractivity contribution in [1.29, 1.82) is 0 Å². The third-order valence-corrected chi connectivity index (χ3v) is 4.06. The number of non-ortho nitro benzene ring substituents is 1. The molecule has 1 aliphatic heterocycles. The Morgan fingerprint density at radius 1 is 1.43 bits per heavy atom. The van der Waals surface area contributed by atoms with Crippen LogP contribution in [0.4, 0.5) is 5.69 Å². The van der Waals surface area contributed by atoms with Crippen molar-refractivity contribution >= 4 is 24.0 Å². The number of rotatable bonds is 6. The van der Waals surface area contributed by atoms with Crippen LogP contribution >= 0.6 is 12.4 Å². The Morgan fingerprint density at radius 2 is 2.13 bits per heavy atom. The van der Waals surface area contributed by atoms with Gasteiger partial charge in [0.25, 0.3) is 11.6 Å². The van der Waals surface area contributed by atoms with Crippen molar-refractivity contribution in [3.8, 4) is 0 Å². The summed E-state index contributed by atoms with van der Waals surface area (Å²) in [6.45, 7) is 2.89. The summed E-state index contributed by atoms with van der Waals surface area (Å²) in [6, 6.07) is 5.76. The standard InChI is InChI=1S/C15H21N3O4.ClH/c1-22-11-15(5-7-16-8-6-15)10-17-14(19)12-3-2-4-13(9-12)18(20)21;/h2-4,9,16H,5-8,10-11H2,1H3,(H,17,19);1H. The minimum atomic E-state index is -0.504. The Hall–Kier alpha value is -1.70.